The lowest BCUT2D eigenvalue weighted by Gasteiger charge is -2.02. The van der Waals surface area contributed by atoms with Crippen molar-refractivity contribution < 1.29 is 10.2 Å². The van der Waals surface area contributed by atoms with Crippen LogP contribution in [0.25, 0.3) is 0 Å². The molecule has 6 heteroatoms. The van der Waals surface area contributed by atoms with E-state index in [0.29, 0.717) is 0 Å². The first kappa shape index (κ1) is 23.5. The van der Waals surface area contributed by atoms with Crippen LogP contribution in [0, 0.1) is 0 Å². The average molecular weight is 411 g/mol. The van der Waals surface area contributed by atoms with Crippen LogP contribution in [0.5, 0.6) is 11.5 Å². The Balaban J connectivity index is 1.35. The summed E-state index contributed by atoms with van der Waals surface area (Å²) in [7, 11) is 0. The van der Waals surface area contributed by atoms with Crippen molar-refractivity contribution in [1.29, 1.82) is 0 Å². The van der Waals surface area contributed by atoms with Crippen LogP contribution >= 0.6 is 0 Å². The van der Waals surface area contributed by atoms with Gasteiger partial charge in [-0.1, -0.05) is 51.4 Å². The van der Waals surface area contributed by atoms with Crippen molar-refractivity contribution in [3.05, 3.63) is 48.0 Å². The highest BCUT2D eigenvalue weighted by Gasteiger charge is 1.97. The summed E-state index contributed by atoms with van der Waals surface area (Å²) >= 11 is 0. The Labute approximate surface area is 179 Å². The second-order valence-corrected chi connectivity index (χ2v) is 7.48. The molecule has 0 aliphatic carbocycles. The van der Waals surface area contributed by atoms with E-state index >= 15 is 0 Å². The molecule has 0 aliphatic heterocycles. The molecular formula is C24H34N4O2. The van der Waals surface area contributed by atoms with E-state index in [1.54, 1.807) is 37.0 Å². The highest BCUT2D eigenvalue weighted by molar-refractivity contribution is 5.83. The molecule has 162 valence electrons. The fourth-order valence-corrected chi connectivity index (χ4v) is 3.16. The maximum atomic E-state index is 9.61. The Morgan fingerprint density at radius 3 is 1.33 bits per heavy atom. The normalized spacial score (nSPS) is 11.6. The molecule has 0 saturated carbocycles. The van der Waals surface area contributed by atoms with Crippen molar-refractivity contribution in [2.45, 2.75) is 64.2 Å². The molecule has 2 N–H and O–H groups in total. The van der Waals surface area contributed by atoms with Gasteiger partial charge >= 0.3 is 0 Å². The topological polar surface area (TPSA) is 91.0 Å². The first-order valence-corrected chi connectivity index (χ1v) is 11.0. The summed E-state index contributed by atoms with van der Waals surface area (Å²) in [5.41, 5.74) is 1.45. The standard InChI is InChI=1S/C24H34N4O2/c29-23-19-27-15-11-21(23)17-25-13-9-7-5-3-1-2-4-6-8-10-14-26-18-22-12-16-28-20-24(22)30/h11-12,15-20,29-30H,1-10,13-14H2. The van der Waals surface area contributed by atoms with E-state index in [-0.39, 0.29) is 11.5 Å². The zero-order chi connectivity index (χ0) is 21.3. The molecule has 2 heterocycles. The molecule has 30 heavy (non-hydrogen) atoms. The van der Waals surface area contributed by atoms with Gasteiger partial charge in [-0.2, -0.15) is 0 Å². The molecule has 2 aromatic rings. The van der Waals surface area contributed by atoms with Gasteiger partial charge in [0.2, 0.25) is 0 Å². The number of unbranched alkanes of at least 4 members (excludes halogenated alkanes) is 9. The first-order valence-electron chi connectivity index (χ1n) is 11.0. The van der Waals surface area contributed by atoms with Crippen molar-refractivity contribution in [3.63, 3.8) is 0 Å². The van der Waals surface area contributed by atoms with Gasteiger partial charge in [0.05, 0.1) is 12.4 Å². The number of hydrogen-bond acceptors (Lipinski definition) is 6. The summed E-state index contributed by atoms with van der Waals surface area (Å²) in [6.45, 7) is 1.62. The predicted molar refractivity (Wildman–Crippen MR) is 123 cm³/mol. The van der Waals surface area contributed by atoms with Gasteiger partial charge in [0.15, 0.2) is 0 Å². The van der Waals surface area contributed by atoms with Crippen LogP contribution in [0.4, 0.5) is 0 Å². The molecule has 0 fully saturated rings. The summed E-state index contributed by atoms with van der Waals surface area (Å²) in [5, 5.41) is 19.2. The van der Waals surface area contributed by atoms with E-state index in [1.165, 1.54) is 63.8 Å². The van der Waals surface area contributed by atoms with Gasteiger partial charge in [-0.3, -0.25) is 20.0 Å². The smallest absolute Gasteiger partial charge is 0.142 e. The van der Waals surface area contributed by atoms with E-state index in [0.717, 1.165) is 37.1 Å². The molecule has 0 radical (unpaired) electrons. The Hall–Kier alpha value is -2.76. The Bertz CT molecular complexity index is 712. The van der Waals surface area contributed by atoms with E-state index in [2.05, 4.69) is 20.0 Å². The van der Waals surface area contributed by atoms with Crippen molar-refractivity contribution >= 4 is 12.4 Å². The minimum Gasteiger partial charge on any atom is -0.506 e. The molecule has 0 unspecified atom stereocenters. The molecule has 0 spiro atoms. The first-order chi connectivity index (χ1) is 14.8. The molecule has 6 nitrogen and oxygen atoms in total. The summed E-state index contributed by atoms with van der Waals surface area (Å²) < 4.78 is 0. The number of aliphatic imine (C=N–C) groups is 2. The molecule has 0 bridgehead atoms. The predicted octanol–water partition coefficient (Wildman–Crippen LogP) is 5.33. The van der Waals surface area contributed by atoms with Crippen LogP contribution in [0.2, 0.25) is 0 Å². The average Bonchev–Trinajstić information content (AvgIpc) is 2.76. The summed E-state index contributed by atoms with van der Waals surface area (Å²) in [4.78, 5) is 16.5. The van der Waals surface area contributed by atoms with Gasteiger partial charge < -0.3 is 10.2 Å². The molecule has 0 amide bonds. The Kier molecular flexibility index (Phi) is 11.9. The molecular weight excluding hydrogens is 376 g/mol. The van der Waals surface area contributed by atoms with Gasteiger partial charge in [-0.05, 0) is 25.0 Å². The molecule has 2 aromatic heterocycles. The minimum absolute atomic E-state index is 0.180. The van der Waals surface area contributed by atoms with Gasteiger partial charge in [-0.15, -0.1) is 0 Å². The van der Waals surface area contributed by atoms with Crippen LogP contribution in [0.15, 0.2) is 46.9 Å². The van der Waals surface area contributed by atoms with E-state index < -0.39 is 0 Å². The zero-order valence-electron chi connectivity index (χ0n) is 17.8. The van der Waals surface area contributed by atoms with Crippen molar-refractivity contribution in [2.75, 3.05) is 13.1 Å². The van der Waals surface area contributed by atoms with Crippen LogP contribution in [-0.2, 0) is 0 Å². The lowest BCUT2D eigenvalue weighted by Crippen LogP contribution is -1.88. The molecule has 0 atom stereocenters. The monoisotopic (exact) mass is 410 g/mol. The maximum absolute atomic E-state index is 9.61. The summed E-state index contributed by atoms with van der Waals surface area (Å²) in [6, 6.07) is 3.53. The number of pyridine rings is 2. The minimum atomic E-state index is 0.180. The van der Waals surface area contributed by atoms with E-state index in [4.69, 9.17) is 0 Å². The van der Waals surface area contributed by atoms with Gasteiger partial charge in [0.25, 0.3) is 0 Å². The van der Waals surface area contributed by atoms with Gasteiger partial charge in [0.1, 0.15) is 11.5 Å². The van der Waals surface area contributed by atoms with E-state index in [1.807, 2.05) is 0 Å². The second-order valence-electron chi connectivity index (χ2n) is 7.48. The number of aromatic nitrogens is 2. The SMILES string of the molecule is Oc1cnccc1C=NCCCCCCCCCCCCN=Cc1ccncc1O. The third kappa shape index (κ3) is 10.1. The Morgan fingerprint density at radius 1 is 0.600 bits per heavy atom. The lowest BCUT2D eigenvalue weighted by molar-refractivity contribution is 0.471. The maximum Gasteiger partial charge on any atom is 0.142 e. The molecule has 0 aromatic carbocycles. The Morgan fingerprint density at radius 2 is 0.967 bits per heavy atom. The highest BCUT2D eigenvalue weighted by Crippen LogP contribution is 2.13. The van der Waals surface area contributed by atoms with Crippen molar-refractivity contribution in [3.8, 4) is 11.5 Å². The van der Waals surface area contributed by atoms with Gasteiger partial charge in [0, 0.05) is 49.0 Å². The van der Waals surface area contributed by atoms with Crippen LogP contribution in [0.3, 0.4) is 0 Å². The number of nitrogens with zero attached hydrogens (tertiary/aromatic N) is 4. The largest absolute Gasteiger partial charge is 0.506 e. The summed E-state index contributed by atoms with van der Waals surface area (Å²) in [5.74, 6) is 0.360. The molecule has 2 rings (SSSR count). The molecule has 0 aliphatic rings. The fourth-order valence-electron chi connectivity index (χ4n) is 3.16. The quantitative estimate of drug-likeness (QED) is 0.307. The third-order valence-corrected chi connectivity index (χ3v) is 4.95. The summed E-state index contributed by atoms with van der Waals surface area (Å²) in [6.07, 6.45) is 22.0. The van der Waals surface area contributed by atoms with Crippen LogP contribution in [-0.4, -0.2) is 45.7 Å². The van der Waals surface area contributed by atoms with Gasteiger partial charge in [-0.25, -0.2) is 0 Å². The lowest BCUT2D eigenvalue weighted by atomic mass is 10.1. The second kappa shape index (κ2) is 15.1. The fraction of sp³-hybridized carbons (Fsp3) is 0.500. The number of aromatic hydroxyl groups is 2. The van der Waals surface area contributed by atoms with Crippen molar-refractivity contribution in [2.24, 2.45) is 9.98 Å². The highest BCUT2D eigenvalue weighted by atomic mass is 16.3. The zero-order valence-corrected chi connectivity index (χ0v) is 17.8. The third-order valence-electron chi connectivity index (χ3n) is 4.95. The van der Waals surface area contributed by atoms with Crippen molar-refractivity contribution in [1.82, 2.24) is 9.97 Å². The van der Waals surface area contributed by atoms with E-state index in [9.17, 15) is 10.2 Å². The number of hydrogen-bond donors (Lipinski definition) is 2. The number of rotatable bonds is 15. The van der Waals surface area contributed by atoms with Crippen LogP contribution < -0.4 is 0 Å². The molecule has 0 saturated heterocycles. The van der Waals surface area contributed by atoms with Crippen LogP contribution in [0.1, 0.15) is 75.3 Å².